The average Bonchev–Trinajstić information content (AvgIpc) is 2.93. The van der Waals surface area contributed by atoms with Crippen molar-refractivity contribution in [1.82, 2.24) is 10.3 Å². The number of benzene rings is 1. The molecular weight excluding hydrogens is 257 g/mol. The van der Waals surface area contributed by atoms with E-state index in [0.29, 0.717) is 17.6 Å². The highest BCUT2D eigenvalue weighted by molar-refractivity contribution is 5.73. The van der Waals surface area contributed by atoms with Crippen molar-refractivity contribution in [2.24, 2.45) is 0 Å². The van der Waals surface area contributed by atoms with Crippen LogP contribution in [0.5, 0.6) is 0 Å². The van der Waals surface area contributed by atoms with Crippen LogP contribution in [0.1, 0.15) is 17.9 Å². The second-order valence-corrected chi connectivity index (χ2v) is 5.00. The van der Waals surface area contributed by atoms with Gasteiger partial charge in [-0.05, 0) is 37.6 Å². The molecule has 3 rings (SSSR count). The molecule has 0 aliphatic carbocycles. The van der Waals surface area contributed by atoms with E-state index in [-0.39, 0.29) is 18.9 Å². The van der Waals surface area contributed by atoms with Crippen LogP contribution < -0.4 is 5.32 Å². The molecule has 2 aromatic rings. The topological polar surface area (TPSA) is 38.1 Å². The highest BCUT2D eigenvalue weighted by atomic mass is 19.4. The van der Waals surface area contributed by atoms with Gasteiger partial charge in [-0.15, -0.1) is 0 Å². The van der Waals surface area contributed by atoms with Gasteiger partial charge in [0.15, 0.2) is 11.0 Å². The third kappa shape index (κ3) is 1.82. The van der Waals surface area contributed by atoms with Gasteiger partial charge in [0.25, 0.3) is 0 Å². The maximum absolute atomic E-state index is 13.4. The molecule has 1 N–H and O–H groups in total. The lowest BCUT2D eigenvalue weighted by atomic mass is 9.86. The van der Waals surface area contributed by atoms with Crippen LogP contribution in [-0.4, -0.2) is 24.2 Å². The number of hydrogen-bond acceptors (Lipinski definition) is 3. The van der Waals surface area contributed by atoms with Gasteiger partial charge in [-0.3, -0.25) is 0 Å². The Bertz CT molecular complexity index is 612. The van der Waals surface area contributed by atoms with Gasteiger partial charge in [-0.25, -0.2) is 4.98 Å². The fourth-order valence-electron chi connectivity index (χ4n) is 2.47. The summed E-state index contributed by atoms with van der Waals surface area (Å²) in [5.74, 6) is -0.231. The van der Waals surface area contributed by atoms with Crippen LogP contribution in [0.2, 0.25) is 0 Å². The Hall–Kier alpha value is -1.56. The monoisotopic (exact) mass is 270 g/mol. The predicted molar refractivity (Wildman–Crippen MR) is 64.0 cm³/mol. The van der Waals surface area contributed by atoms with Gasteiger partial charge >= 0.3 is 6.18 Å². The molecule has 0 bridgehead atoms. The van der Waals surface area contributed by atoms with Gasteiger partial charge in [0.2, 0.25) is 5.89 Å². The molecule has 0 amide bonds. The summed E-state index contributed by atoms with van der Waals surface area (Å²) >= 11 is 0. The molecule has 0 spiro atoms. The van der Waals surface area contributed by atoms with E-state index in [1.807, 2.05) is 13.0 Å². The zero-order valence-electron chi connectivity index (χ0n) is 10.3. The van der Waals surface area contributed by atoms with Crippen molar-refractivity contribution in [3.8, 4) is 0 Å². The molecule has 1 atom stereocenters. The number of nitrogens with zero attached hydrogens (tertiary/aromatic N) is 1. The summed E-state index contributed by atoms with van der Waals surface area (Å²) < 4.78 is 45.5. The Balaban J connectivity index is 2.16. The molecule has 1 aliphatic heterocycles. The number of oxazole rings is 1. The van der Waals surface area contributed by atoms with E-state index in [1.54, 1.807) is 12.1 Å². The zero-order valence-corrected chi connectivity index (χ0v) is 10.3. The Morgan fingerprint density at radius 3 is 2.79 bits per heavy atom. The number of nitrogens with one attached hydrogen (secondary N) is 1. The van der Waals surface area contributed by atoms with Crippen molar-refractivity contribution in [3.05, 3.63) is 29.7 Å². The van der Waals surface area contributed by atoms with E-state index in [1.165, 1.54) is 0 Å². The smallest absolute Gasteiger partial charge is 0.404 e. The van der Waals surface area contributed by atoms with Crippen LogP contribution >= 0.6 is 0 Å². The zero-order chi connectivity index (χ0) is 13.7. The third-order valence-electron chi connectivity index (χ3n) is 3.65. The number of fused-ring (bicyclic) bond motifs is 1. The molecule has 0 radical (unpaired) electrons. The number of aryl methyl sites for hydroxylation is 1. The van der Waals surface area contributed by atoms with Crippen molar-refractivity contribution in [2.45, 2.75) is 24.9 Å². The predicted octanol–water partition coefficient (Wildman–Crippen LogP) is 2.93. The lowest BCUT2D eigenvalue weighted by Gasteiger charge is -2.27. The van der Waals surface area contributed by atoms with Crippen molar-refractivity contribution in [2.75, 3.05) is 13.1 Å². The molecule has 1 aromatic carbocycles. The molecule has 0 saturated carbocycles. The van der Waals surface area contributed by atoms with E-state index < -0.39 is 11.6 Å². The molecule has 2 heterocycles. The maximum Gasteiger partial charge on any atom is 0.404 e. The summed E-state index contributed by atoms with van der Waals surface area (Å²) in [4.78, 5) is 4.05. The average molecular weight is 270 g/mol. The first-order valence-corrected chi connectivity index (χ1v) is 6.07. The molecule has 1 fully saturated rings. The van der Waals surface area contributed by atoms with Gasteiger partial charge in [0.05, 0.1) is 0 Å². The molecule has 102 valence electrons. The summed E-state index contributed by atoms with van der Waals surface area (Å²) in [6.07, 6.45) is -4.41. The van der Waals surface area contributed by atoms with Gasteiger partial charge in [0, 0.05) is 6.54 Å². The summed E-state index contributed by atoms with van der Waals surface area (Å²) in [5.41, 5.74) is -0.192. The normalized spacial score (nSPS) is 24.2. The SMILES string of the molecule is Cc1ccc2nc(C3(C(F)(F)F)CCNC3)oc2c1. The first-order chi connectivity index (χ1) is 8.92. The summed E-state index contributed by atoms with van der Waals surface area (Å²) in [5, 5.41) is 2.75. The quantitative estimate of drug-likeness (QED) is 0.865. The van der Waals surface area contributed by atoms with Crippen molar-refractivity contribution >= 4 is 11.1 Å². The van der Waals surface area contributed by atoms with Crippen LogP contribution in [0.4, 0.5) is 13.2 Å². The van der Waals surface area contributed by atoms with Gasteiger partial charge in [-0.2, -0.15) is 13.2 Å². The molecule has 1 unspecified atom stereocenters. The second-order valence-electron chi connectivity index (χ2n) is 5.00. The second kappa shape index (κ2) is 3.96. The van der Waals surface area contributed by atoms with E-state index >= 15 is 0 Å². The molecule has 1 aliphatic rings. The molecule has 1 saturated heterocycles. The Morgan fingerprint density at radius 2 is 2.16 bits per heavy atom. The molecule has 1 aromatic heterocycles. The fourth-order valence-corrected chi connectivity index (χ4v) is 2.47. The molecule has 6 heteroatoms. The summed E-state index contributed by atoms with van der Waals surface area (Å²) in [6, 6.07) is 5.20. The first-order valence-electron chi connectivity index (χ1n) is 6.07. The lowest BCUT2D eigenvalue weighted by molar-refractivity contribution is -0.190. The van der Waals surface area contributed by atoms with Crippen LogP contribution in [0.15, 0.2) is 22.6 Å². The van der Waals surface area contributed by atoms with Gasteiger partial charge in [0.1, 0.15) is 5.52 Å². The van der Waals surface area contributed by atoms with E-state index in [9.17, 15) is 13.2 Å². The lowest BCUT2D eigenvalue weighted by Crippen LogP contribution is -2.44. The van der Waals surface area contributed by atoms with Gasteiger partial charge in [-0.1, -0.05) is 6.07 Å². The number of rotatable bonds is 1. The summed E-state index contributed by atoms with van der Waals surface area (Å²) in [7, 11) is 0. The minimum atomic E-state index is -4.37. The largest absolute Gasteiger partial charge is 0.440 e. The molecular formula is C13H13F3N2O. The maximum atomic E-state index is 13.4. The minimum absolute atomic E-state index is 0.0394. The highest BCUT2D eigenvalue weighted by Gasteiger charge is 2.60. The molecule has 3 nitrogen and oxygen atoms in total. The number of alkyl halides is 3. The first kappa shape index (κ1) is 12.5. The van der Waals surface area contributed by atoms with Crippen molar-refractivity contribution in [3.63, 3.8) is 0 Å². The van der Waals surface area contributed by atoms with Crippen LogP contribution in [0.25, 0.3) is 11.1 Å². The van der Waals surface area contributed by atoms with Crippen LogP contribution in [0, 0.1) is 6.92 Å². The third-order valence-corrected chi connectivity index (χ3v) is 3.65. The molecule has 19 heavy (non-hydrogen) atoms. The minimum Gasteiger partial charge on any atom is -0.440 e. The van der Waals surface area contributed by atoms with Gasteiger partial charge < -0.3 is 9.73 Å². The summed E-state index contributed by atoms with van der Waals surface area (Å²) in [6.45, 7) is 2.00. The Morgan fingerprint density at radius 1 is 1.37 bits per heavy atom. The van der Waals surface area contributed by atoms with E-state index in [4.69, 9.17) is 4.42 Å². The van der Waals surface area contributed by atoms with Crippen molar-refractivity contribution < 1.29 is 17.6 Å². The van der Waals surface area contributed by atoms with Crippen molar-refractivity contribution in [1.29, 1.82) is 0 Å². The van der Waals surface area contributed by atoms with E-state index in [0.717, 1.165) is 5.56 Å². The number of hydrogen-bond donors (Lipinski definition) is 1. The Kier molecular flexibility index (Phi) is 2.60. The highest BCUT2D eigenvalue weighted by Crippen LogP contribution is 2.45. The van der Waals surface area contributed by atoms with Crippen LogP contribution in [-0.2, 0) is 5.41 Å². The number of aromatic nitrogens is 1. The Labute approximate surface area is 107 Å². The number of halogens is 3. The van der Waals surface area contributed by atoms with Crippen LogP contribution in [0.3, 0.4) is 0 Å². The standard InChI is InChI=1S/C13H13F3N2O/c1-8-2-3-9-10(6-8)19-11(18-9)12(13(14,15)16)4-5-17-7-12/h2-3,6,17H,4-5,7H2,1H3. The van der Waals surface area contributed by atoms with E-state index in [2.05, 4.69) is 10.3 Å². The fraction of sp³-hybridized carbons (Fsp3) is 0.462.